The van der Waals surface area contributed by atoms with Crippen LogP contribution in [-0.4, -0.2) is 0 Å². The summed E-state index contributed by atoms with van der Waals surface area (Å²) in [5.74, 6) is -0.752. The van der Waals surface area contributed by atoms with Crippen molar-refractivity contribution in [3.63, 3.8) is 0 Å². The van der Waals surface area contributed by atoms with E-state index >= 15 is 4.39 Å². The van der Waals surface area contributed by atoms with Crippen molar-refractivity contribution < 1.29 is 13.2 Å². The minimum atomic E-state index is -0.540. The van der Waals surface area contributed by atoms with Crippen LogP contribution in [-0.2, 0) is 5.41 Å². The lowest BCUT2D eigenvalue weighted by molar-refractivity contribution is 0.627. The van der Waals surface area contributed by atoms with Gasteiger partial charge in [-0.1, -0.05) is 406 Å². The molecule has 0 fully saturated rings. The summed E-state index contributed by atoms with van der Waals surface area (Å²) in [5, 5.41) is 9.37. The molecule has 7 heteroatoms. The number of nitrogens with zero attached hydrogens (tertiary/aromatic N) is 4. The highest BCUT2D eigenvalue weighted by atomic mass is 19.1. The van der Waals surface area contributed by atoms with E-state index in [0.29, 0.717) is 5.69 Å². The van der Waals surface area contributed by atoms with Crippen molar-refractivity contribution in [2.75, 3.05) is 19.6 Å². The Labute approximate surface area is 803 Å². The molecule has 0 saturated carbocycles. The maximum atomic E-state index is 15.0. The molecule has 658 valence electrons. The van der Waals surface area contributed by atoms with Gasteiger partial charge in [0.1, 0.15) is 17.5 Å². The minimum Gasteiger partial charge on any atom is -0.310 e. The number of fused-ring (bicyclic) bond motifs is 7. The van der Waals surface area contributed by atoms with Gasteiger partial charge in [-0.05, 0) is 251 Å². The number of hydrogen-bond acceptors (Lipinski definition) is 4. The molecule has 0 bridgehead atoms. The first-order valence-corrected chi connectivity index (χ1v) is 46.6. The maximum Gasteiger partial charge on any atom is 0.147 e. The molecular formula is C131H93F3N4. The van der Waals surface area contributed by atoms with E-state index < -0.39 is 5.41 Å². The zero-order valence-corrected chi connectivity index (χ0v) is 75.6. The zero-order valence-electron chi connectivity index (χ0n) is 75.6. The van der Waals surface area contributed by atoms with Crippen molar-refractivity contribution in [1.29, 1.82) is 0 Å². The van der Waals surface area contributed by atoms with Crippen LogP contribution in [0.5, 0.6) is 0 Å². The molecule has 23 aromatic carbocycles. The summed E-state index contributed by atoms with van der Waals surface area (Å²) in [6.45, 7) is 0. The van der Waals surface area contributed by atoms with E-state index in [-0.39, 0.29) is 17.5 Å². The minimum absolute atomic E-state index is 0.242. The van der Waals surface area contributed by atoms with E-state index in [1.165, 1.54) is 90.3 Å². The van der Waals surface area contributed by atoms with E-state index in [1.54, 1.807) is 18.2 Å². The fourth-order valence-electron chi connectivity index (χ4n) is 19.5. The van der Waals surface area contributed by atoms with Crippen LogP contribution < -0.4 is 19.6 Å². The Morgan fingerprint density at radius 2 is 0.413 bits per heavy atom. The summed E-state index contributed by atoms with van der Waals surface area (Å²) in [4.78, 5) is 8.82. The Morgan fingerprint density at radius 3 is 0.783 bits per heavy atom. The fourth-order valence-corrected chi connectivity index (χ4v) is 19.5. The smallest absolute Gasteiger partial charge is 0.147 e. The van der Waals surface area contributed by atoms with Crippen LogP contribution >= 0.6 is 0 Å². The van der Waals surface area contributed by atoms with Gasteiger partial charge in [0.05, 0.1) is 39.5 Å². The molecule has 138 heavy (non-hydrogen) atoms. The summed E-state index contributed by atoms with van der Waals surface area (Å²) >= 11 is 0. The molecule has 0 saturated heterocycles. The predicted octanol–water partition coefficient (Wildman–Crippen LogP) is 36.7. The van der Waals surface area contributed by atoms with Gasteiger partial charge in [0, 0.05) is 61.9 Å². The Morgan fingerprint density at radius 1 is 0.152 bits per heavy atom. The first kappa shape index (κ1) is 86.8. The molecule has 0 radical (unpaired) electrons. The molecule has 1 aliphatic rings. The third kappa shape index (κ3) is 17.7. The normalized spacial score (nSPS) is 11.5. The number of hydrogen-bond donors (Lipinski definition) is 0. The monoisotopic (exact) mass is 1780 g/mol. The molecule has 0 spiro atoms. The SMILES string of the molecule is Fc1ccc(N(c2ccccc2)c2cc3ccccc3cc2-c2ccccc2)cc1.Fc1cccc(N(c2ccccc2)c2cc3ccccc3cc2-c2ccccc2)c1.Fc1ccccc1N(c1ccccc1)c1cc2ccccc2cc1-c1ccccc1.c1ccc(-c2cc3ccccc3cc2N(c2ccccc2)c2cccc3c2C(c2ccccc2)(c2ccccc2)c2ccccc2-3)cc1. The van der Waals surface area contributed by atoms with Gasteiger partial charge in [-0.15, -0.1) is 0 Å². The second-order valence-corrected chi connectivity index (χ2v) is 34.1. The summed E-state index contributed by atoms with van der Waals surface area (Å²) in [6.07, 6.45) is 0. The van der Waals surface area contributed by atoms with E-state index in [2.05, 4.69) is 379 Å². The summed E-state index contributed by atoms with van der Waals surface area (Å²) < 4.78 is 42.9. The summed E-state index contributed by atoms with van der Waals surface area (Å²) in [7, 11) is 0. The Kier molecular flexibility index (Phi) is 25.1. The van der Waals surface area contributed by atoms with Crippen molar-refractivity contribution in [3.05, 3.63) is 604 Å². The third-order valence-electron chi connectivity index (χ3n) is 25.8. The molecule has 0 unspecified atom stereocenters. The van der Waals surface area contributed by atoms with Crippen LogP contribution in [0.25, 0.3) is 98.7 Å². The number of halogens is 3. The first-order valence-electron chi connectivity index (χ1n) is 46.6. The van der Waals surface area contributed by atoms with Crippen LogP contribution in [0.15, 0.2) is 564 Å². The molecule has 23 aromatic rings. The number of benzene rings is 23. The van der Waals surface area contributed by atoms with Gasteiger partial charge >= 0.3 is 0 Å². The molecule has 1 aliphatic carbocycles. The van der Waals surface area contributed by atoms with Crippen LogP contribution in [0.3, 0.4) is 0 Å². The maximum absolute atomic E-state index is 15.0. The highest BCUT2D eigenvalue weighted by Crippen LogP contribution is 2.61. The summed E-state index contributed by atoms with van der Waals surface area (Å²) in [5.41, 5.74) is 27.7. The Bertz CT molecular complexity index is 8110. The average molecular weight is 1780 g/mol. The standard InChI is InChI=1S/C47H33N.3C28H20FN/c1-5-18-34(19-6-1)42-32-35-20-13-14-21-36(35)33-45(42)48(39-26-11-4-12-27-39)44-31-17-29-41-40-28-15-16-30-43(40)47(46(41)44,37-22-7-2-8-23-37)38-24-9-3-10-25-38;29-26-17-9-10-18-27(26)30(24-15-5-2-6-16-24)28-20-23-14-8-7-13-22(23)19-25(28)21-11-3-1-4-12-21;29-24-14-9-17-26(20-24)30(25-15-5-2-6-16-25)28-19-23-13-8-7-12-22(23)18-27(28)21-10-3-1-4-11-21;29-24-15-17-26(18-16-24)30(25-13-5-2-6-14-25)28-20-23-12-8-7-11-22(23)19-27(28)21-9-3-1-4-10-21/h1-33H;3*1-20H. The molecular weight excluding hydrogens is 1690 g/mol. The predicted molar refractivity (Wildman–Crippen MR) is 573 cm³/mol. The number of rotatable bonds is 18. The van der Waals surface area contributed by atoms with Crippen molar-refractivity contribution in [1.82, 2.24) is 0 Å². The van der Waals surface area contributed by atoms with Crippen molar-refractivity contribution in [2.45, 2.75) is 5.41 Å². The van der Waals surface area contributed by atoms with E-state index in [9.17, 15) is 8.78 Å². The lowest BCUT2D eigenvalue weighted by Gasteiger charge is -2.38. The topological polar surface area (TPSA) is 13.0 Å². The molecule has 0 aromatic heterocycles. The van der Waals surface area contributed by atoms with Crippen LogP contribution in [0.2, 0.25) is 0 Å². The van der Waals surface area contributed by atoms with Gasteiger partial charge in [-0.3, -0.25) is 0 Å². The molecule has 0 heterocycles. The van der Waals surface area contributed by atoms with Crippen molar-refractivity contribution in [2.24, 2.45) is 0 Å². The zero-order chi connectivity index (χ0) is 92.9. The highest BCUT2D eigenvalue weighted by Gasteiger charge is 2.49. The van der Waals surface area contributed by atoms with Gasteiger partial charge < -0.3 is 19.6 Å². The van der Waals surface area contributed by atoms with Gasteiger partial charge in [-0.25, -0.2) is 13.2 Å². The van der Waals surface area contributed by atoms with Gasteiger partial charge in [-0.2, -0.15) is 0 Å². The van der Waals surface area contributed by atoms with Crippen LogP contribution in [0.1, 0.15) is 22.3 Å². The highest BCUT2D eigenvalue weighted by molar-refractivity contribution is 6.05. The molecule has 4 nitrogen and oxygen atoms in total. The summed E-state index contributed by atoms with van der Waals surface area (Å²) in [6, 6.07) is 193. The molecule has 0 aliphatic heterocycles. The third-order valence-corrected chi connectivity index (χ3v) is 25.8. The molecule has 0 atom stereocenters. The second-order valence-electron chi connectivity index (χ2n) is 34.1. The average Bonchev–Trinajstić information content (AvgIpc) is 1.52. The van der Waals surface area contributed by atoms with Crippen molar-refractivity contribution in [3.8, 4) is 55.6 Å². The quantitative estimate of drug-likeness (QED) is 0.0849. The lowest BCUT2D eigenvalue weighted by atomic mass is 9.67. The van der Waals surface area contributed by atoms with E-state index in [0.717, 1.165) is 117 Å². The van der Waals surface area contributed by atoms with Crippen LogP contribution in [0.4, 0.5) is 81.4 Å². The van der Waals surface area contributed by atoms with Gasteiger partial charge in [0.2, 0.25) is 0 Å². The molecule has 0 amide bonds. The largest absolute Gasteiger partial charge is 0.310 e. The second kappa shape index (κ2) is 39.9. The Hall–Kier alpha value is -17.9. The van der Waals surface area contributed by atoms with E-state index in [4.69, 9.17) is 0 Å². The van der Waals surface area contributed by atoms with Crippen LogP contribution in [0, 0.1) is 17.5 Å². The first-order chi connectivity index (χ1) is 68.2. The van der Waals surface area contributed by atoms with Gasteiger partial charge in [0.15, 0.2) is 0 Å². The van der Waals surface area contributed by atoms with Gasteiger partial charge in [0.25, 0.3) is 0 Å². The lowest BCUT2D eigenvalue weighted by Crippen LogP contribution is -2.30. The fraction of sp³-hybridized carbons (Fsp3) is 0.00763. The van der Waals surface area contributed by atoms with Crippen molar-refractivity contribution >= 4 is 111 Å². The number of para-hydroxylation sites is 5. The number of anilines is 12. The Balaban J connectivity index is 0.000000113. The van der Waals surface area contributed by atoms with E-state index in [1.807, 2.05) is 163 Å². The molecule has 24 rings (SSSR count). The molecule has 0 N–H and O–H groups in total.